The fourth-order valence-corrected chi connectivity index (χ4v) is 2.67. The van der Waals surface area contributed by atoms with Crippen molar-refractivity contribution >= 4 is 5.97 Å². The maximum atomic E-state index is 14.6. The molecule has 0 radical (unpaired) electrons. The average Bonchev–Trinajstić information content (AvgIpc) is 2.27. The molecule has 1 fully saturated rings. The molecule has 18 heavy (non-hydrogen) atoms. The van der Waals surface area contributed by atoms with E-state index in [2.05, 4.69) is 25.5 Å². The SMILES string of the molecule is CCOC(=O)C(O)C1(F)CCC(C(C)(C)C)CC1. The molecule has 0 spiro atoms. The van der Waals surface area contributed by atoms with E-state index in [9.17, 15) is 14.3 Å². The molecule has 1 atom stereocenters. The molecule has 1 aliphatic carbocycles. The zero-order chi connectivity index (χ0) is 14.0. The number of esters is 1. The Labute approximate surface area is 109 Å². The molecule has 0 amide bonds. The van der Waals surface area contributed by atoms with E-state index in [1.165, 1.54) is 0 Å². The van der Waals surface area contributed by atoms with Crippen molar-refractivity contribution in [2.24, 2.45) is 11.3 Å². The third-order valence-electron chi connectivity index (χ3n) is 4.04. The molecule has 0 aliphatic heterocycles. The molecule has 0 aromatic carbocycles. The molecular weight excluding hydrogens is 235 g/mol. The van der Waals surface area contributed by atoms with E-state index in [4.69, 9.17) is 0 Å². The fourth-order valence-electron chi connectivity index (χ4n) is 2.67. The van der Waals surface area contributed by atoms with Crippen LogP contribution in [0.15, 0.2) is 0 Å². The van der Waals surface area contributed by atoms with Gasteiger partial charge in [-0.05, 0) is 43.9 Å². The Kier molecular flexibility index (Phi) is 4.76. The zero-order valence-electron chi connectivity index (χ0n) is 11.8. The van der Waals surface area contributed by atoms with Crippen LogP contribution < -0.4 is 0 Å². The lowest BCUT2D eigenvalue weighted by Gasteiger charge is -2.41. The first-order valence-electron chi connectivity index (χ1n) is 6.74. The summed E-state index contributed by atoms with van der Waals surface area (Å²) in [5.41, 5.74) is -1.66. The smallest absolute Gasteiger partial charge is 0.338 e. The molecule has 0 bridgehead atoms. The minimum atomic E-state index is -1.81. The number of rotatable bonds is 3. The normalized spacial score (nSPS) is 30.9. The molecule has 4 heteroatoms. The lowest BCUT2D eigenvalue weighted by Crippen LogP contribution is -2.47. The summed E-state index contributed by atoms with van der Waals surface area (Å²) in [5, 5.41) is 9.77. The van der Waals surface area contributed by atoms with Crippen LogP contribution in [0.2, 0.25) is 0 Å². The Balaban J connectivity index is 2.61. The predicted molar refractivity (Wildman–Crippen MR) is 67.9 cm³/mol. The summed E-state index contributed by atoms with van der Waals surface area (Å²) in [6.07, 6.45) is 0.231. The van der Waals surface area contributed by atoms with Crippen molar-refractivity contribution in [1.82, 2.24) is 0 Å². The summed E-state index contributed by atoms with van der Waals surface area (Å²) in [6.45, 7) is 8.24. The van der Waals surface area contributed by atoms with Gasteiger partial charge in [0, 0.05) is 0 Å². The Hall–Kier alpha value is -0.640. The first-order valence-corrected chi connectivity index (χ1v) is 6.74. The van der Waals surface area contributed by atoms with Gasteiger partial charge in [0.25, 0.3) is 0 Å². The van der Waals surface area contributed by atoms with Crippen LogP contribution in [0.1, 0.15) is 53.4 Å². The Morgan fingerprint density at radius 2 is 1.94 bits per heavy atom. The number of carbonyl (C=O) groups is 1. The van der Waals surface area contributed by atoms with E-state index in [0.717, 1.165) is 0 Å². The number of aliphatic hydroxyl groups excluding tert-OH is 1. The first-order chi connectivity index (χ1) is 8.20. The Bertz CT molecular complexity index is 288. The molecule has 1 N–H and O–H groups in total. The standard InChI is InChI=1S/C14H25FO3/c1-5-18-12(17)11(16)14(15)8-6-10(7-9-14)13(2,3)4/h10-11,16H,5-9H2,1-4H3. The molecule has 106 valence electrons. The van der Waals surface area contributed by atoms with E-state index in [1.54, 1.807) is 6.92 Å². The lowest BCUT2D eigenvalue weighted by atomic mass is 9.68. The Morgan fingerprint density at radius 3 is 2.33 bits per heavy atom. The summed E-state index contributed by atoms with van der Waals surface area (Å²) in [4.78, 5) is 11.4. The van der Waals surface area contributed by atoms with Crippen molar-refractivity contribution in [2.75, 3.05) is 6.61 Å². The van der Waals surface area contributed by atoms with Gasteiger partial charge in [-0.1, -0.05) is 20.8 Å². The van der Waals surface area contributed by atoms with Crippen LogP contribution >= 0.6 is 0 Å². The highest BCUT2D eigenvalue weighted by atomic mass is 19.1. The topological polar surface area (TPSA) is 46.5 Å². The number of alkyl halides is 1. The number of hydrogen-bond donors (Lipinski definition) is 1. The maximum Gasteiger partial charge on any atom is 0.338 e. The van der Waals surface area contributed by atoms with Crippen LogP contribution in [-0.4, -0.2) is 29.5 Å². The number of halogens is 1. The van der Waals surface area contributed by atoms with Crippen LogP contribution in [0.25, 0.3) is 0 Å². The largest absolute Gasteiger partial charge is 0.464 e. The molecule has 0 saturated heterocycles. The average molecular weight is 260 g/mol. The molecule has 1 unspecified atom stereocenters. The molecule has 0 heterocycles. The number of ether oxygens (including phenoxy) is 1. The van der Waals surface area contributed by atoms with Crippen LogP contribution in [0, 0.1) is 11.3 Å². The minimum Gasteiger partial charge on any atom is -0.464 e. The number of carbonyl (C=O) groups excluding carboxylic acids is 1. The van der Waals surface area contributed by atoms with Gasteiger partial charge >= 0.3 is 5.97 Å². The van der Waals surface area contributed by atoms with E-state index < -0.39 is 17.7 Å². The van der Waals surface area contributed by atoms with Crippen molar-refractivity contribution in [2.45, 2.75) is 65.2 Å². The second-order valence-corrected chi connectivity index (χ2v) is 6.33. The van der Waals surface area contributed by atoms with E-state index in [-0.39, 0.29) is 24.9 Å². The summed E-state index contributed by atoms with van der Waals surface area (Å²) in [6, 6.07) is 0. The van der Waals surface area contributed by atoms with E-state index in [1.807, 2.05) is 0 Å². The van der Waals surface area contributed by atoms with Crippen molar-refractivity contribution in [3.8, 4) is 0 Å². The van der Waals surface area contributed by atoms with Gasteiger partial charge in [0.1, 0.15) is 5.67 Å². The van der Waals surface area contributed by atoms with Crippen molar-refractivity contribution in [1.29, 1.82) is 0 Å². The quantitative estimate of drug-likeness (QED) is 0.794. The van der Waals surface area contributed by atoms with Crippen LogP contribution in [0.4, 0.5) is 4.39 Å². The molecule has 3 nitrogen and oxygen atoms in total. The molecule has 0 aromatic rings. The Morgan fingerprint density at radius 1 is 1.44 bits per heavy atom. The molecule has 1 rings (SSSR count). The summed E-state index contributed by atoms with van der Waals surface area (Å²) >= 11 is 0. The fraction of sp³-hybridized carbons (Fsp3) is 0.929. The van der Waals surface area contributed by atoms with Crippen molar-refractivity contribution < 1.29 is 19.0 Å². The van der Waals surface area contributed by atoms with Crippen molar-refractivity contribution in [3.05, 3.63) is 0 Å². The zero-order valence-corrected chi connectivity index (χ0v) is 11.8. The predicted octanol–water partition coefficient (Wildman–Crippen LogP) is 2.86. The third kappa shape index (κ3) is 3.44. The van der Waals surface area contributed by atoms with Gasteiger partial charge in [-0.25, -0.2) is 9.18 Å². The van der Waals surface area contributed by atoms with Gasteiger partial charge in [-0.2, -0.15) is 0 Å². The summed E-state index contributed by atoms with van der Waals surface area (Å²) in [5.74, 6) is -0.398. The lowest BCUT2D eigenvalue weighted by molar-refractivity contribution is -0.165. The summed E-state index contributed by atoms with van der Waals surface area (Å²) in [7, 11) is 0. The second kappa shape index (κ2) is 5.55. The van der Waals surface area contributed by atoms with Crippen LogP contribution in [0.3, 0.4) is 0 Å². The monoisotopic (exact) mass is 260 g/mol. The maximum absolute atomic E-state index is 14.6. The minimum absolute atomic E-state index is 0.149. The third-order valence-corrected chi connectivity index (χ3v) is 4.04. The highest BCUT2D eigenvalue weighted by Gasteiger charge is 2.47. The van der Waals surface area contributed by atoms with Crippen LogP contribution in [-0.2, 0) is 9.53 Å². The van der Waals surface area contributed by atoms with Gasteiger partial charge in [0.2, 0.25) is 0 Å². The highest BCUT2D eigenvalue weighted by Crippen LogP contribution is 2.44. The number of aliphatic hydroxyl groups is 1. The molecule has 1 aliphatic rings. The van der Waals surface area contributed by atoms with Gasteiger partial charge in [-0.3, -0.25) is 0 Å². The molecule has 0 aromatic heterocycles. The number of hydrogen-bond acceptors (Lipinski definition) is 3. The van der Waals surface area contributed by atoms with Gasteiger partial charge < -0.3 is 9.84 Å². The van der Waals surface area contributed by atoms with E-state index in [0.29, 0.717) is 18.8 Å². The van der Waals surface area contributed by atoms with E-state index >= 15 is 0 Å². The van der Waals surface area contributed by atoms with Gasteiger partial charge in [0.05, 0.1) is 6.61 Å². The van der Waals surface area contributed by atoms with Gasteiger partial charge in [-0.15, -0.1) is 0 Å². The first kappa shape index (κ1) is 15.4. The molecular formula is C14H25FO3. The van der Waals surface area contributed by atoms with Crippen molar-refractivity contribution in [3.63, 3.8) is 0 Å². The second-order valence-electron chi connectivity index (χ2n) is 6.33. The molecule has 1 saturated carbocycles. The highest BCUT2D eigenvalue weighted by molar-refractivity contribution is 5.76. The van der Waals surface area contributed by atoms with Crippen LogP contribution in [0.5, 0.6) is 0 Å². The summed E-state index contributed by atoms with van der Waals surface area (Å²) < 4.78 is 19.2. The van der Waals surface area contributed by atoms with Gasteiger partial charge in [0.15, 0.2) is 6.10 Å².